The lowest BCUT2D eigenvalue weighted by Gasteiger charge is -2.12. The lowest BCUT2D eigenvalue weighted by Crippen LogP contribution is -2.37. The summed E-state index contributed by atoms with van der Waals surface area (Å²) < 4.78 is 5.35. The van der Waals surface area contributed by atoms with Crippen LogP contribution in [-0.4, -0.2) is 38.5 Å². The Kier molecular flexibility index (Phi) is 14.5. The lowest BCUT2D eigenvalue weighted by molar-refractivity contribution is 0.143. The number of benzene rings is 1. The van der Waals surface area contributed by atoms with E-state index in [1.807, 2.05) is 6.92 Å². The van der Waals surface area contributed by atoms with Crippen LogP contribution in [-0.2, 0) is 11.3 Å². The number of hydrogen-bond donors (Lipinski definition) is 2. The summed E-state index contributed by atoms with van der Waals surface area (Å²) in [6.45, 7) is 10.4. The van der Waals surface area contributed by atoms with Crippen LogP contribution in [0.15, 0.2) is 28.1 Å². The SMILES string of the molecule is CCNC(=NCc1ccc(C)cc1SC)NCCCCOCC.I. The maximum atomic E-state index is 5.35. The highest BCUT2D eigenvalue weighted by molar-refractivity contribution is 14.0. The molecule has 0 saturated heterocycles. The van der Waals surface area contributed by atoms with E-state index in [9.17, 15) is 0 Å². The highest BCUT2D eigenvalue weighted by Crippen LogP contribution is 2.22. The predicted octanol–water partition coefficient (Wildman–Crippen LogP) is 4.21. The van der Waals surface area contributed by atoms with Gasteiger partial charge in [-0.15, -0.1) is 35.7 Å². The molecule has 1 aromatic carbocycles. The molecule has 0 aliphatic heterocycles. The number of halogens is 1. The molecule has 138 valence electrons. The van der Waals surface area contributed by atoms with Crippen LogP contribution in [0.1, 0.15) is 37.8 Å². The summed E-state index contributed by atoms with van der Waals surface area (Å²) in [4.78, 5) is 6.01. The molecule has 0 spiro atoms. The molecule has 0 bridgehead atoms. The Morgan fingerprint density at radius 3 is 2.67 bits per heavy atom. The Labute approximate surface area is 168 Å². The number of aliphatic imine (C=N–C) groups is 1. The Hall–Kier alpha value is -0.470. The minimum Gasteiger partial charge on any atom is -0.382 e. The number of nitrogens with zero attached hydrogens (tertiary/aromatic N) is 1. The number of aryl methyl sites for hydroxylation is 1. The van der Waals surface area contributed by atoms with Crippen LogP contribution in [0, 0.1) is 6.92 Å². The van der Waals surface area contributed by atoms with Crippen LogP contribution in [0.3, 0.4) is 0 Å². The average Bonchev–Trinajstić information content (AvgIpc) is 2.56. The van der Waals surface area contributed by atoms with Crippen molar-refractivity contribution in [3.8, 4) is 0 Å². The highest BCUT2D eigenvalue weighted by Gasteiger charge is 2.03. The van der Waals surface area contributed by atoms with Crippen LogP contribution in [0.5, 0.6) is 0 Å². The third kappa shape index (κ3) is 9.74. The van der Waals surface area contributed by atoms with Crippen molar-refractivity contribution in [3.05, 3.63) is 29.3 Å². The van der Waals surface area contributed by atoms with Crippen LogP contribution >= 0.6 is 35.7 Å². The van der Waals surface area contributed by atoms with E-state index in [4.69, 9.17) is 9.73 Å². The van der Waals surface area contributed by atoms with Gasteiger partial charge in [0.15, 0.2) is 5.96 Å². The van der Waals surface area contributed by atoms with Gasteiger partial charge in [0, 0.05) is 31.2 Å². The van der Waals surface area contributed by atoms with Gasteiger partial charge in [-0.2, -0.15) is 0 Å². The van der Waals surface area contributed by atoms with E-state index in [0.29, 0.717) is 6.54 Å². The normalized spacial score (nSPS) is 11.1. The third-order valence-electron chi connectivity index (χ3n) is 3.41. The first kappa shape index (κ1) is 23.5. The van der Waals surface area contributed by atoms with Crippen LogP contribution in [0.2, 0.25) is 0 Å². The molecule has 0 amide bonds. The van der Waals surface area contributed by atoms with E-state index in [-0.39, 0.29) is 24.0 Å². The Morgan fingerprint density at radius 1 is 1.21 bits per heavy atom. The van der Waals surface area contributed by atoms with Gasteiger partial charge in [0.2, 0.25) is 0 Å². The summed E-state index contributed by atoms with van der Waals surface area (Å²) in [6.07, 6.45) is 4.28. The van der Waals surface area contributed by atoms with Crippen molar-refractivity contribution < 1.29 is 4.74 Å². The zero-order valence-corrected chi connectivity index (χ0v) is 18.5. The molecule has 0 radical (unpaired) electrons. The predicted molar refractivity (Wildman–Crippen MR) is 117 cm³/mol. The molecule has 0 aromatic heterocycles. The van der Waals surface area contributed by atoms with E-state index in [0.717, 1.165) is 45.1 Å². The molecule has 0 atom stereocenters. The van der Waals surface area contributed by atoms with E-state index in [2.05, 4.69) is 48.9 Å². The number of nitrogens with one attached hydrogen (secondary N) is 2. The van der Waals surface area contributed by atoms with E-state index >= 15 is 0 Å². The first-order valence-electron chi connectivity index (χ1n) is 8.44. The molecule has 4 nitrogen and oxygen atoms in total. The second kappa shape index (κ2) is 14.8. The second-order valence-corrected chi connectivity index (χ2v) is 6.19. The topological polar surface area (TPSA) is 45.7 Å². The van der Waals surface area contributed by atoms with Crippen LogP contribution in [0.25, 0.3) is 0 Å². The number of rotatable bonds is 10. The van der Waals surface area contributed by atoms with Gasteiger partial charge in [0.05, 0.1) is 6.54 Å². The Balaban J connectivity index is 0.00000529. The summed E-state index contributed by atoms with van der Waals surface area (Å²) in [7, 11) is 0. The fraction of sp³-hybridized carbons (Fsp3) is 0.611. The number of hydrogen-bond acceptors (Lipinski definition) is 3. The van der Waals surface area contributed by atoms with Crippen molar-refractivity contribution in [1.82, 2.24) is 10.6 Å². The molecule has 0 aliphatic rings. The van der Waals surface area contributed by atoms with Gasteiger partial charge < -0.3 is 15.4 Å². The third-order valence-corrected chi connectivity index (χ3v) is 4.23. The fourth-order valence-electron chi connectivity index (χ4n) is 2.17. The second-order valence-electron chi connectivity index (χ2n) is 5.34. The number of unbranched alkanes of at least 4 members (excludes halogenated alkanes) is 1. The molecule has 0 saturated carbocycles. The van der Waals surface area contributed by atoms with Crippen LogP contribution < -0.4 is 10.6 Å². The molecule has 6 heteroatoms. The monoisotopic (exact) mass is 465 g/mol. The van der Waals surface area contributed by atoms with Crippen molar-refractivity contribution >= 4 is 41.7 Å². The molecule has 0 unspecified atom stereocenters. The van der Waals surface area contributed by atoms with Gasteiger partial charge in [0.25, 0.3) is 0 Å². The summed E-state index contributed by atoms with van der Waals surface area (Å²) in [5.74, 6) is 0.886. The summed E-state index contributed by atoms with van der Waals surface area (Å²) in [6, 6.07) is 6.55. The van der Waals surface area contributed by atoms with Crippen molar-refractivity contribution in [2.24, 2.45) is 4.99 Å². The van der Waals surface area contributed by atoms with E-state index in [1.165, 1.54) is 16.0 Å². The maximum absolute atomic E-state index is 5.35. The smallest absolute Gasteiger partial charge is 0.191 e. The molecule has 1 aromatic rings. The molecule has 24 heavy (non-hydrogen) atoms. The van der Waals surface area contributed by atoms with Gasteiger partial charge in [-0.05, 0) is 57.1 Å². The quantitative estimate of drug-likeness (QED) is 0.179. The van der Waals surface area contributed by atoms with Crippen molar-refractivity contribution in [1.29, 1.82) is 0 Å². The minimum atomic E-state index is 0. The molecular formula is C18H32IN3OS. The van der Waals surface area contributed by atoms with Gasteiger partial charge in [-0.1, -0.05) is 12.1 Å². The highest BCUT2D eigenvalue weighted by atomic mass is 127. The summed E-state index contributed by atoms with van der Waals surface area (Å²) >= 11 is 1.78. The van der Waals surface area contributed by atoms with Gasteiger partial charge >= 0.3 is 0 Å². The molecular weight excluding hydrogens is 433 g/mol. The zero-order valence-electron chi connectivity index (χ0n) is 15.4. The molecule has 2 N–H and O–H groups in total. The average molecular weight is 465 g/mol. The largest absolute Gasteiger partial charge is 0.382 e. The summed E-state index contributed by atoms with van der Waals surface area (Å²) in [5.41, 5.74) is 2.57. The molecule has 1 rings (SSSR count). The van der Waals surface area contributed by atoms with Crippen molar-refractivity contribution in [2.45, 2.75) is 45.1 Å². The standard InChI is InChI=1S/C18H31N3OS.HI/c1-5-19-18(20-11-7-8-12-22-6-2)21-14-16-10-9-15(3)13-17(16)23-4;/h9-10,13H,5-8,11-12,14H2,1-4H3,(H2,19,20,21);1H. The minimum absolute atomic E-state index is 0. The maximum Gasteiger partial charge on any atom is 0.191 e. The van der Waals surface area contributed by atoms with E-state index in [1.54, 1.807) is 11.8 Å². The van der Waals surface area contributed by atoms with Gasteiger partial charge in [0.1, 0.15) is 0 Å². The van der Waals surface area contributed by atoms with Gasteiger partial charge in [-0.25, -0.2) is 4.99 Å². The zero-order chi connectivity index (χ0) is 16.9. The van der Waals surface area contributed by atoms with E-state index < -0.39 is 0 Å². The summed E-state index contributed by atoms with van der Waals surface area (Å²) in [5, 5.41) is 6.70. The van der Waals surface area contributed by atoms with Crippen LogP contribution in [0.4, 0.5) is 0 Å². The van der Waals surface area contributed by atoms with Crippen molar-refractivity contribution in [2.75, 3.05) is 32.6 Å². The molecule has 0 aliphatic carbocycles. The molecule has 0 heterocycles. The molecule has 0 fully saturated rings. The number of guanidine groups is 1. The number of thioether (sulfide) groups is 1. The lowest BCUT2D eigenvalue weighted by atomic mass is 10.1. The Morgan fingerprint density at radius 2 is 2.00 bits per heavy atom. The number of ether oxygens (including phenoxy) is 1. The first-order chi connectivity index (χ1) is 11.2. The van der Waals surface area contributed by atoms with Crippen molar-refractivity contribution in [3.63, 3.8) is 0 Å². The first-order valence-corrected chi connectivity index (χ1v) is 9.67. The fourth-order valence-corrected chi connectivity index (χ4v) is 2.87. The van der Waals surface area contributed by atoms with Gasteiger partial charge in [-0.3, -0.25) is 0 Å². The Bertz CT molecular complexity index is 483.